The number of nitrogens with one attached hydrogen (secondary N) is 1. The lowest BCUT2D eigenvalue weighted by molar-refractivity contribution is -0.148. The molecule has 2 unspecified atom stereocenters. The molecule has 4 heteroatoms. The minimum atomic E-state index is -0.259. The third-order valence-corrected chi connectivity index (χ3v) is 3.81. The molecule has 1 rings (SSSR count). The Morgan fingerprint density at radius 2 is 2.00 bits per heavy atom. The number of esters is 1. The summed E-state index contributed by atoms with van der Waals surface area (Å²) in [4.78, 5) is 11.4. The van der Waals surface area contributed by atoms with Crippen molar-refractivity contribution >= 4 is 5.97 Å². The fraction of sp³-hybridized carbons (Fsp3) is 0.929. The predicted octanol–water partition coefficient (Wildman–Crippen LogP) is 1.98. The minimum absolute atomic E-state index is 0.0666. The third kappa shape index (κ3) is 3.45. The van der Waals surface area contributed by atoms with Crippen LogP contribution in [-0.2, 0) is 14.3 Å². The summed E-state index contributed by atoms with van der Waals surface area (Å²) in [6.07, 6.45) is 1.24. The number of carbonyl (C=O) groups is 1. The van der Waals surface area contributed by atoms with Crippen LogP contribution in [0.2, 0.25) is 0 Å². The summed E-state index contributed by atoms with van der Waals surface area (Å²) in [6.45, 7) is 11.3. The molecule has 4 nitrogen and oxygen atoms in total. The molecular formula is C14H27NO3. The van der Waals surface area contributed by atoms with Gasteiger partial charge in [-0.25, -0.2) is 0 Å². The maximum Gasteiger partial charge on any atom is 0.322 e. The van der Waals surface area contributed by atoms with Gasteiger partial charge in [0.1, 0.15) is 6.04 Å². The Kier molecular flexibility index (Phi) is 5.17. The van der Waals surface area contributed by atoms with Gasteiger partial charge < -0.3 is 14.8 Å². The maximum absolute atomic E-state index is 11.4. The number of hydrogen-bond donors (Lipinski definition) is 1. The van der Waals surface area contributed by atoms with Crippen LogP contribution in [0.5, 0.6) is 0 Å². The first-order valence-corrected chi connectivity index (χ1v) is 6.74. The molecule has 0 aromatic rings. The van der Waals surface area contributed by atoms with Crippen molar-refractivity contribution < 1.29 is 14.3 Å². The van der Waals surface area contributed by atoms with Crippen LogP contribution in [0.15, 0.2) is 0 Å². The lowest BCUT2D eigenvalue weighted by Gasteiger charge is -2.52. The standard InChI is InChI=1S/C14H27NO3/c1-9(2)8-18-12-7-11(14(12,4)5)15-10(3)13(16)17-6/h9-12,15H,7-8H2,1-6H3/t10-,11?,12?/m0/s1. The molecule has 0 spiro atoms. The predicted molar refractivity (Wildman–Crippen MR) is 71.4 cm³/mol. The number of carbonyl (C=O) groups excluding carboxylic acids is 1. The van der Waals surface area contributed by atoms with Gasteiger partial charge in [-0.3, -0.25) is 4.79 Å². The van der Waals surface area contributed by atoms with Crippen molar-refractivity contribution in [2.75, 3.05) is 13.7 Å². The summed E-state index contributed by atoms with van der Waals surface area (Å²) in [5.41, 5.74) is 0.0666. The van der Waals surface area contributed by atoms with E-state index in [4.69, 9.17) is 9.47 Å². The molecule has 0 bridgehead atoms. The van der Waals surface area contributed by atoms with Crippen LogP contribution in [-0.4, -0.2) is 37.9 Å². The van der Waals surface area contributed by atoms with Crippen LogP contribution >= 0.6 is 0 Å². The first-order valence-electron chi connectivity index (χ1n) is 6.74. The highest BCUT2D eigenvalue weighted by Gasteiger charge is 2.49. The summed E-state index contributed by atoms with van der Waals surface area (Å²) in [7, 11) is 1.42. The molecular weight excluding hydrogens is 230 g/mol. The van der Waals surface area contributed by atoms with Crippen molar-refractivity contribution in [1.29, 1.82) is 0 Å². The van der Waals surface area contributed by atoms with Gasteiger partial charge in [-0.15, -0.1) is 0 Å². The number of rotatable bonds is 6. The normalized spacial score (nSPS) is 27.7. The van der Waals surface area contributed by atoms with Crippen LogP contribution in [0.25, 0.3) is 0 Å². The monoisotopic (exact) mass is 257 g/mol. The van der Waals surface area contributed by atoms with E-state index in [1.807, 2.05) is 6.92 Å². The first kappa shape index (κ1) is 15.4. The molecule has 106 valence electrons. The van der Waals surface area contributed by atoms with Crippen molar-refractivity contribution in [1.82, 2.24) is 5.32 Å². The Labute approximate surface area is 110 Å². The molecule has 18 heavy (non-hydrogen) atoms. The van der Waals surface area contributed by atoms with Gasteiger partial charge in [-0.1, -0.05) is 27.7 Å². The van der Waals surface area contributed by atoms with Crippen LogP contribution < -0.4 is 5.32 Å². The van der Waals surface area contributed by atoms with Gasteiger partial charge in [0.05, 0.1) is 13.2 Å². The molecule has 0 saturated heterocycles. The van der Waals surface area contributed by atoms with Crippen LogP contribution in [0.1, 0.15) is 41.0 Å². The molecule has 0 heterocycles. The molecule has 1 N–H and O–H groups in total. The topological polar surface area (TPSA) is 47.6 Å². The number of methoxy groups -OCH3 is 1. The molecule has 0 amide bonds. The third-order valence-electron chi connectivity index (χ3n) is 3.81. The molecule has 0 aromatic heterocycles. The van der Waals surface area contributed by atoms with Gasteiger partial charge in [0.25, 0.3) is 0 Å². The van der Waals surface area contributed by atoms with E-state index in [0.29, 0.717) is 12.0 Å². The lowest BCUT2D eigenvalue weighted by atomic mass is 9.64. The minimum Gasteiger partial charge on any atom is -0.468 e. The van der Waals surface area contributed by atoms with E-state index in [1.165, 1.54) is 7.11 Å². The Morgan fingerprint density at radius 3 is 2.44 bits per heavy atom. The Bertz CT molecular complexity index is 289. The van der Waals surface area contributed by atoms with Gasteiger partial charge >= 0.3 is 5.97 Å². The first-order chi connectivity index (χ1) is 8.28. The summed E-state index contributed by atoms with van der Waals surface area (Å²) >= 11 is 0. The van der Waals surface area contributed by atoms with Crippen molar-refractivity contribution in [3.05, 3.63) is 0 Å². The zero-order valence-electron chi connectivity index (χ0n) is 12.4. The summed E-state index contributed by atoms with van der Waals surface area (Å²) < 4.78 is 10.6. The van der Waals surface area contributed by atoms with E-state index in [0.717, 1.165) is 13.0 Å². The Hall–Kier alpha value is -0.610. The highest BCUT2D eigenvalue weighted by atomic mass is 16.5. The second kappa shape index (κ2) is 6.02. The maximum atomic E-state index is 11.4. The zero-order valence-corrected chi connectivity index (χ0v) is 12.4. The molecule has 0 aliphatic heterocycles. The molecule has 1 fully saturated rings. The Morgan fingerprint density at radius 1 is 1.39 bits per heavy atom. The fourth-order valence-electron chi connectivity index (χ4n) is 2.31. The van der Waals surface area contributed by atoms with Crippen molar-refractivity contribution in [3.63, 3.8) is 0 Å². The van der Waals surface area contributed by atoms with Crippen molar-refractivity contribution in [3.8, 4) is 0 Å². The molecule has 1 aliphatic carbocycles. The van der Waals surface area contributed by atoms with Gasteiger partial charge in [-0.2, -0.15) is 0 Å². The van der Waals surface area contributed by atoms with E-state index < -0.39 is 0 Å². The number of ether oxygens (including phenoxy) is 2. The highest BCUT2D eigenvalue weighted by Crippen LogP contribution is 2.43. The summed E-state index contributed by atoms with van der Waals surface area (Å²) in [5, 5.41) is 3.32. The van der Waals surface area contributed by atoms with E-state index in [9.17, 15) is 4.79 Å². The van der Waals surface area contributed by atoms with Gasteiger partial charge in [0.15, 0.2) is 0 Å². The molecule has 1 aliphatic rings. The molecule has 3 atom stereocenters. The van der Waals surface area contributed by atoms with Crippen molar-refractivity contribution in [2.24, 2.45) is 11.3 Å². The van der Waals surface area contributed by atoms with Crippen LogP contribution in [0.3, 0.4) is 0 Å². The van der Waals surface area contributed by atoms with Gasteiger partial charge in [0.2, 0.25) is 0 Å². The average molecular weight is 257 g/mol. The quantitative estimate of drug-likeness (QED) is 0.739. The van der Waals surface area contributed by atoms with E-state index >= 15 is 0 Å². The average Bonchev–Trinajstić information content (AvgIpc) is 2.30. The Balaban J connectivity index is 2.41. The lowest BCUT2D eigenvalue weighted by Crippen LogP contribution is -2.63. The fourth-order valence-corrected chi connectivity index (χ4v) is 2.31. The molecule has 0 radical (unpaired) electrons. The smallest absolute Gasteiger partial charge is 0.322 e. The van der Waals surface area contributed by atoms with Crippen molar-refractivity contribution in [2.45, 2.75) is 59.2 Å². The summed E-state index contributed by atoms with van der Waals surface area (Å²) in [5.74, 6) is 0.346. The van der Waals surface area contributed by atoms with E-state index in [2.05, 4.69) is 33.0 Å². The SMILES string of the molecule is COC(=O)[C@H](C)NC1CC(OCC(C)C)C1(C)C. The van der Waals surface area contributed by atoms with Gasteiger partial charge in [0, 0.05) is 18.1 Å². The second-order valence-electron chi connectivity index (χ2n) is 6.24. The van der Waals surface area contributed by atoms with Gasteiger partial charge in [-0.05, 0) is 19.3 Å². The van der Waals surface area contributed by atoms with Crippen LogP contribution in [0.4, 0.5) is 0 Å². The zero-order chi connectivity index (χ0) is 13.9. The largest absolute Gasteiger partial charge is 0.468 e. The van der Waals surface area contributed by atoms with Crippen LogP contribution in [0, 0.1) is 11.3 Å². The van der Waals surface area contributed by atoms with E-state index in [1.54, 1.807) is 0 Å². The second-order valence-corrected chi connectivity index (χ2v) is 6.24. The highest BCUT2D eigenvalue weighted by molar-refractivity contribution is 5.75. The number of hydrogen-bond acceptors (Lipinski definition) is 4. The molecule has 0 aromatic carbocycles. The molecule has 1 saturated carbocycles. The van der Waals surface area contributed by atoms with E-state index in [-0.39, 0.29) is 23.5 Å². The summed E-state index contributed by atoms with van der Waals surface area (Å²) in [6, 6.07) is 0.0501.